The average molecular weight is 290 g/mol. The molecule has 0 N–H and O–H groups in total. The number of benzene rings is 1. The van der Waals surface area contributed by atoms with Gasteiger partial charge < -0.3 is 0 Å². The van der Waals surface area contributed by atoms with E-state index < -0.39 is 5.24 Å². The number of rotatable bonds is 2. The Bertz CT molecular complexity index is 592. The monoisotopic (exact) mass is 288 g/mol. The van der Waals surface area contributed by atoms with E-state index in [-0.39, 0.29) is 5.69 Å². The van der Waals surface area contributed by atoms with Crippen LogP contribution in [0.3, 0.4) is 0 Å². The van der Waals surface area contributed by atoms with E-state index >= 15 is 0 Å². The van der Waals surface area contributed by atoms with Crippen molar-refractivity contribution in [3.63, 3.8) is 0 Å². The minimum atomic E-state index is -0.591. The quantitative estimate of drug-likeness (QED) is 0.789. The molecule has 88 valence electrons. The van der Waals surface area contributed by atoms with E-state index in [9.17, 15) is 4.79 Å². The van der Waals surface area contributed by atoms with E-state index in [0.717, 1.165) is 11.3 Å². The molecule has 0 aliphatic carbocycles. The fourth-order valence-corrected chi connectivity index (χ4v) is 1.88. The molecule has 1 heterocycles. The van der Waals surface area contributed by atoms with Crippen molar-refractivity contribution in [3.05, 3.63) is 40.0 Å². The molecule has 2 rings (SSSR count). The molecule has 1 aromatic carbocycles. The first-order valence-electron chi connectivity index (χ1n) is 4.68. The van der Waals surface area contributed by atoms with Gasteiger partial charge in [-0.2, -0.15) is 5.10 Å². The SMILES string of the molecule is Cn1nc(C(=O)Cl)cc1-c1ccc(Cl)c(Cl)c1. The number of aromatic nitrogens is 2. The molecule has 0 fully saturated rings. The molecule has 0 atom stereocenters. The fourth-order valence-electron chi connectivity index (χ4n) is 1.49. The zero-order valence-corrected chi connectivity index (χ0v) is 11.0. The number of nitrogens with zero attached hydrogens (tertiary/aromatic N) is 2. The van der Waals surface area contributed by atoms with Crippen molar-refractivity contribution in [2.24, 2.45) is 7.05 Å². The van der Waals surface area contributed by atoms with E-state index in [1.165, 1.54) is 0 Å². The van der Waals surface area contributed by atoms with Crippen molar-refractivity contribution < 1.29 is 4.79 Å². The van der Waals surface area contributed by atoms with Gasteiger partial charge in [0.25, 0.3) is 5.24 Å². The number of hydrogen-bond acceptors (Lipinski definition) is 2. The van der Waals surface area contributed by atoms with E-state index in [0.29, 0.717) is 10.0 Å². The molecule has 0 saturated heterocycles. The molecule has 1 aromatic heterocycles. The highest BCUT2D eigenvalue weighted by molar-refractivity contribution is 6.67. The summed E-state index contributed by atoms with van der Waals surface area (Å²) in [6.07, 6.45) is 0. The zero-order chi connectivity index (χ0) is 12.6. The van der Waals surface area contributed by atoms with Gasteiger partial charge in [0, 0.05) is 12.6 Å². The maximum Gasteiger partial charge on any atom is 0.272 e. The predicted octanol–water partition coefficient (Wildman–Crippen LogP) is 3.77. The van der Waals surface area contributed by atoms with Crippen molar-refractivity contribution >= 4 is 40.0 Å². The Kier molecular flexibility index (Phi) is 3.43. The third-order valence-corrected chi connectivity index (χ3v) is 3.23. The normalized spacial score (nSPS) is 10.6. The van der Waals surface area contributed by atoms with Gasteiger partial charge >= 0.3 is 0 Å². The van der Waals surface area contributed by atoms with E-state index in [1.54, 1.807) is 36.0 Å². The molecule has 0 amide bonds. The highest BCUT2D eigenvalue weighted by Gasteiger charge is 2.12. The number of carbonyl (C=O) groups excluding carboxylic acids is 1. The number of hydrogen-bond donors (Lipinski definition) is 0. The Morgan fingerprint density at radius 3 is 2.47 bits per heavy atom. The molecule has 0 aliphatic heterocycles. The summed E-state index contributed by atoms with van der Waals surface area (Å²) in [7, 11) is 1.72. The Morgan fingerprint density at radius 2 is 1.94 bits per heavy atom. The van der Waals surface area contributed by atoms with E-state index in [2.05, 4.69) is 5.10 Å². The van der Waals surface area contributed by atoms with Crippen molar-refractivity contribution in [3.8, 4) is 11.3 Å². The Hall–Kier alpha value is -1.03. The van der Waals surface area contributed by atoms with Crippen LogP contribution >= 0.6 is 34.8 Å². The van der Waals surface area contributed by atoms with Gasteiger partial charge in [-0.3, -0.25) is 9.48 Å². The number of halogens is 3. The molecular weight excluding hydrogens is 282 g/mol. The van der Waals surface area contributed by atoms with Crippen molar-refractivity contribution in [2.75, 3.05) is 0 Å². The molecule has 0 aliphatic rings. The van der Waals surface area contributed by atoms with E-state index in [4.69, 9.17) is 34.8 Å². The molecule has 0 unspecified atom stereocenters. The van der Waals surface area contributed by atoms with Crippen molar-refractivity contribution in [2.45, 2.75) is 0 Å². The average Bonchev–Trinajstić information content (AvgIpc) is 2.65. The molecule has 6 heteroatoms. The maximum absolute atomic E-state index is 11.0. The van der Waals surface area contributed by atoms with Gasteiger partial charge in [0.15, 0.2) is 0 Å². The minimum Gasteiger partial charge on any atom is -0.274 e. The molecular formula is C11H7Cl3N2O. The number of aryl methyl sites for hydroxylation is 1. The molecule has 17 heavy (non-hydrogen) atoms. The van der Waals surface area contributed by atoms with Crippen LogP contribution in [-0.2, 0) is 7.05 Å². The summed E-state index contributed by atoms with van der Waals surface area (Å²) in [5, 5.41) is 4.33. The highest BCUT2D eigenvalue weighted by atomic mass is 35.5. The molecule has 2 aromatic rings. The second kappa shape index (κ2) is 4.69. The Labute approximate surface area is 113 Å². The maximum atomic E-state index is 11.0. The largest absolute Gasteiger partial charge is 0.274 e. The van der Waals surface area contributed by atoms with Gasteiger partial charge in [0.2, 0.25) is 0 Å². The third-order valence-electron chi connectivity index (χ3n) is 2.30. The Balaban J connectivity index is 2.52. The number of carbonyl (C=O) groups is 1. The van der Waals surface area contributed by atoms with Gasteiger partial charge in [-0.25, -0.2) is 0 Å². The molecule has 0 bridgehead atoms. The van der Waals surface area contributed by atoms with Gasteiger partial charge in [-0.1, -0.05) is 29.3 Å². The summed E-state index contributed by atoms with van der Waals surface area (Å²) in [6, 6.07) is 6.81. The van der Waals surface area contributed by atoms with Crippen LogP contribution in [0.4, 0.5) is 0 Å². The standard InChI is InChI=1S/C11H7Cl3N2O/c1-16-10(5-9(15-16)11(14)17)6-2-3-7(12)8(13)4-6/h2-5H,1H3. The molecule has 0 saturated carbocycles. The van der Waals surface area contributed by atoms with Gasteiger partial charge in [0.05, 0.1) is 15.7 Å². The van der Waals surface area contributed by atoms with Crippen LogP contribution in [0.25, 0.3) is 11.3 Å². The van der Waals surface area contributed by atoms with Crippen LogP contribution in [0.2, 0.25) is 10.0 Å². The third kappa shape index (κ3) is 2.46. The van der Waals surface area contributed by atoms with Crippen molar-refractivity contribution in [1.29, 1.82) is 0 Å². The lowest BCUT2D eigenvalue weighted by Crippen LogP contribution is -1.95. The van der Waals surface area contributed by atoms with Crippen LogP contribution in [0, 0.1) is 0 Å². The summed E-state index contributed by atoms with van der Waals surface area (Å²) < 4.78 is 1.56. The lowest BCUT2D eigenvalue weighted by molar-refractivity contribution is 0.107. The lowest BCUT2D eigenvalue weighted by atomic mass is 10.1. The van der Waals surface area contributed by atoms with E-state index in [1.807, 2.05) is 0 Å². The first kappa shape index (κ1) is 12.4. The lowest BCUT2D eigenvalue weighted by Gasteiger charge is -2.03. The summed E-state index contributed by atoms with van der Waals surface area (Å²) >= 11 is 17.1. The summed E-state index contributed by atoms with van der Waals surface area (Å²) in [6.45, 7) is 0. The minimum absolute atomic E-state index is 0.204. The van der Waals surface area contributed by atoms with Gasteiger partial charge in [-0.05, 0) is 29.8 Å². The summed E-state index contributed by atoms with van der Waals surface area (Å²) in [5.41, 5.74) is 1.77. The highest BCUT2D eigenvalue weighted by Crippen LogP contribution is 2.28. The molecule has 0 radical (unpaired) electrons. The van der Waals surface area contributed by atoms with Gasteiger partial charge in [-0.15, -0.1) is 0 Å². The molecule has 3 nitrogen and oxygen atoms in total. The zero-order valence-electron chi connectivity index (χ0n) is 8.75. The summed E-state index contributed by atoms with van der Waals surface area (Å²) in [5.74, 6) is 0. The first-order chi connectivity index (χ1) is 7.99. The Morgan fingerprint density at radius 1 is 1.24 bits per heavy atom. The van der Waals surface area contributed by atoms with Gasteiger partial charge in [0.1, 0.15) is 5.69 Å². The second-order valence-corrected chi connectivity index (χ2v) is 4.60. The van der Waals surface area contributed by atoms with Crippen LogP contribution in [0.1, 0.15) is 10.5 Å². The first-order valence-corrected chi connectivity index (χ1v) is 5.81. The fraction of sp³-hybridized carbons (Fsp3) is 0.0909. The van der Waals surface area contributed by atoms with Crippen LogP contribution in [0.5, 0.6) is 0 Å². The molecule has 0 spiro atoms. The van der Waals surface area contributed by atoms with Crippen LogP contribution in [-0.4, -0.2) is 15.0 Å². The topological polar surface area (TPSA) is 34.9 Å². The van der Waals surface area contributed by atoms with Crippen LogP contribution < -0.4 is 0 Å². The second-order valence-electron chi connectivity index (χ2n) is 3.44. The predicted molar refractivity (Wildman–Crippen MR) is 68.8 cm³/mol. The van der Waals surface area contributed by atoms with Crippen molar-refractivity contribution in [1.82, 2.24) is 9.78 Å². The van der Waals surface area contributed by atoms with Crippen LogP contribution in [0.15, 0.2) is 24.3 Å². The summed E-state index contributed by atoms with van der Waals surface area (Å²) in [4.78, 5) is 11.0. The smallest absolute Gasteiger partial charge is 0.272 e.